The van der Waals surface area contributed by atoms with Gasteiger partial charge in [-0.05, 0) is 30.3 Å². The van der Waals surface area contributed by atoms with Crippen molar-refractivity contribution in [1.29, 1.82) is 5.26 Å². The summed E-state index contributed by atoms with van der Waals surface area (Å²) in [5.74, 6) is 0.208. The minimum absolute atomic E-state index is 0.186. The fourth-order valence-electron chi connectivity index (χ4n) is 1.73. The summed E-state index contributed by atoms with van der Waals surface area (Å²) in [6.07, 6.45) is 0. The van der Waals surface area contributed by atoms with Crippen LogP contribution >= 0.6 is 0 Å². The van der Waals surface area contributed by atoms with Gasteiger partial charge in [0, 0.05) is 12.6 Å². The van der Waals surface area contributed by atoms with Gasteiger partial charge in [0.15, 0.2) is 11.6 Å². The summed E-state index contributed by atoms with van der Waals surface area (Å²) in [5, 5.41) is 11.8. The third kappa shape index (κ3) is 2.47. The highest BCUT2D eigenvalue weighted by atomic mass is 19.1. The van der Waals surface area contributed by atoms with Gasteiger partial charge in [-0.15, -0.1) is 0 Å². The van der Waals surface area contributed by atoms with Gasteiger partial charge < -0.3 is 10.1 Å². The fourth-order valence-corrected chi connectivity index (χ4v) is 1.73. The number of nitrogens with zero attached hydrogens (tertiary/aromatic N) is 2. The fraction of sp³-hybridized carbons (Fsp3) is 0.143. The largest absolute Gasteiger partial charge is 0.494 e. The third-order valence-corrected chi connectivity index (χ3v) is 2.70. The maximum atomic E-state index is 13.6. The Morgan fingerprint density at radius 3 is 2.68 bits per heavy atom. The Bertz CT molecular complexity index is 650. The highest BCUT2D eigenvalue weighted by Gasteiger charge is 2.09. The smallest absolute Gasteiger partial charge is 0.165 e. The van der Waals surface area contributed by atoms with E-state index in [1.807, 2.05) is 6.07 Å². The molecule has 5 heteroatoms. The normalized spacial score (nSPS) is 9.79. The van der Waals surface area contributed by atoms with Crippen LogP contribution in [0.25, 0.3) is 11.3 Å². The van der Waals surface area contributed by atoms with Crippen molar-refractivity contribution in [1.82, 2.24) is 4.98 Å². The number of aromatic nitrogens is 1. The van der Waals surface area contributed by atoms with Crippen molar-refractivity contribution in [2.45, 2.75) is 0 Å². The Labute approximate surface area is 110 Å². The Hall–Kier alpha value is -2.61. The molecule has 1 aromatic carbocycles. The van der Waals surface area contributed by atoms with E-state index >= 15 is 0 Å². The van der Waals surface area contributed by atoms with Crippen LogP contribution in [0.2, 0.25) is 0 Å². The molecule has 0 unspecified atom stereocenters. The molecule has 19 heavy (non-hydrogen) atoms. The molecular formula is C14H12FN3O. The summed E-state index contributed by atoms with van der Waals surface area (Å²) in [7, 11) is 3.10. The van der Waals surface area contributed by atoms with E-state index in [0.717, 1.165) is 0 Å². The van der Waals surface area contributed by atoms with E-state index in [-0.39, 0.29) is 5.75 Å². The van der Waals surface area contributed by atoms with Crippen LogP contribution in [0.4, 0.5) is 10.2 Å². The van der Waals surface area contributed by atoms with Gasteiger partial charge in [-0.3, -0.25) is 0 Å². The van der Waals surface area contributed by atoms with Crippen LogP contribution in [0.15, 0.2) is 30.3 Å². The highest BCUT2D eigenvalue weighted by molar-refractivity contribution is 5.65. The number of nitrogens with one attached hydrogen (secondary N) is 1. The van der Waals surface area contributed by atoms with Gasteiger partial charge in [0.25, 0.3) is 0 Å². The number of nitriles is 1. The summed E-state index contributed by atoms with van der Waals surface area (Å²) in [5.41, 5.74) is 1.66. The van der Waals surface area contributed by atoms with Crippen LogP contribution in [0.3, 0.4) is 0 Å². The number of ether oxygens (including phenoxy) is 1. The van der Waals surface area contributed by atoms with E-state index in [1.54, 1.807) is 31.3 Å². The predicted molar refractivity (Wildman–Crippen MR) is 70.4 cm³/mol. The summed E-state index contributed by atoms with van der Waals surface area (Å²) < 4.78 is 18.5. The van der Waals surface area contributed by atoms with E-state index in [9.17, 15) is 4.39 Å². The topological polar surface area (TPSA) is 57.9 Å². The second-order valence-electron chi connectivity index (χ2n) is 3.80. The number of benzene rings is 1. The van der Waals surface area contributed by atoms with E-state index in [0.29, 0.717) is 22.6 Å². The van der Waals surface area contributed by atoms with Gasteiger partial charge in [0.2, 0.25) is 0 Å². The second-order valence-corrected chi connectivity index (χ2v) is 3.80. The summed E-state index contributed by atoms with van der Waals surface area (Å²) >= 11 is 0. The molecule has 2 aromatic rings. The number of anilines is 1. The van der Waals surface area contributed by atoms with E-state index in [4.69, 9.17) is 10.00 Å². The zero-order chi connectivity index (χ0) is 13.8. The predicted octanol–water partition coefficient (Wildman–Crippen LogP) is 2.81. The van der Waals surface area contributed by atoms with Crippen LogP contribution in [-0.2, 0) is 0 Å². The first kappa shape index (κ1) is 12.8. The molecule has 0 amide bonds. The molecule has 2 rings (SSSR count). The van der Waals surface area contributed by atoms with Crippen molar-refractivity contribution in [2.75, 3.05) is 19.5 Å². The van der Waals surface area contributed by atoms with Crippen LogP contribution in [-0.4, -0.2) is 19.1 Å². The number of methoxy groups -OCH3 is 1. The standard InChI is InChI=1S/C14H12FN3O/c1-17-14-10(8-16)3-5-12(18-14)9-4-6-13(19-2)11(15)7-9/h3-7H,1-2H3,(H,17,18). The molecule has 0 aliphatic rings. The van der Waals surface area contributed by atoms with Crippen LogP contribution in [0.5, 0.6) is 5.75 Å². The molecule has 0 aliphatic heterocycles. The molecule has 1 aromatic heterocycles. The molecule has 1 heterocycles. The molecule has 0 aliphatic carbocycles. The molecule has 0 radical (unpaired) electrons. The first-order valence-electron chi connectivity index (χ1n) is 5.62. The quantitative estimate of drug-likeness (QED) is 0.918. The molecular weight excluding hydrogens is 245 g/mol. The van der Waals surface area contributed by atoms with Gasteiger partial charge >= 0.3 is 0 Å². The van der Waals surface area contributed by atoms with Gasteiger partial charge in [0.1, 0.15) is 11.9 Å². The van der Waals surface area contributed by atoms with Crippen LogP contribution < -0.4 is 10.1 Å². The van der Waals surface area contributed by atoms with Crippen LogP contribution in [0, 0.1) is 17.1 Å². The van der Waals surface area contributed by atoms with Crippen molar-refractivity contribution in [3.63, 3.8) is 0 Å². The van der Waals surface area contributed by atoms with Crippen LogP contribution in [0.1, 0.15) is 5.56 Å². The molecule has 1 N–H and O–H groups in total. The Balaban J connectivity index is 2.48. The highest BCUT2D eigenvalue weighted by Crippen LogP contribution is 2.26. The van der Waals surface area contributed by atoms with E-state index in [2.05, 4.69) is 10.3 Å². The molecule has 0 saturated carbocycles. The molecule has 0 saturated heterocycles. The van der Waals surface area contributed by atoms with Gasteiger partial charge in [-0.2, -0.15) is 5.26 Å². The van der Waals surface area contributed by atoms with Crippen molar-refractivity contribution < 1.29 is 9.13 Å². The lowest BCUT2D eigenvalue weighted by atomic mass is 10.1. The van der Waals surface area contributed by atoms with Crippen molar-refractivity contribution >= 4 is 5.82 Å². The first-order chi connectivity index (χ1) is 9.19. The number of pyridine rings is 1. The third-order valence-electron chi connectivity index (χ3n) is 2.70. The minimum atomic E-state index is -0.447. The molecule has 96 valence electrons. The zero-order valence-electron chi connectivity index (χ0n) is 10.6. The summed E-state index contributed by atoms with van der Waals surface area (Å²) in [4.78, 5) is 4.29. The van der Waals surface area contributed by atoms with Crippen molar-refractivity contribution in [3.05, 3.63) is 41.7 Å². The van der Waals surface area contributed by atoms with Crippen molar-refractivity contribution in [2.24, 2.45) is 0 Å². The number of hydrogen-bond acceptors (Lipinski definition) is 4. The van der Waals surface area contributed by atoms with Gasteiger partial charge in [-0.25, -0.2) is 9.37 Å². The maximum absolute atomic E-state index is 13.6. The Morgan fingerprint density at radius 2 is 2.11 bits per heavy atom. The van der Waals surface area contributed by atoms with Gasteiger partial charge in [0.05, 0.1) is 18.4 Å². The lowest BCUT2D eigenvalue weighted by Crippen LogP contribution is -1.98. The molecule has 0 bridgehead atoms. The maximum Gasteiger partial charge on any atom is 0.165 e. The zero-order valence-corrected chi connectivity index (χ0v) is 10.6. The Morgan fingerprint density at radius 1 is 1.32 bits per heavy atom. The summed E-state index contributed by atoms with van der Waals surface area (Å²) in [6.45, 7) is 0. The molecule has 0 spiro atoms. The summed E-state index contributed by atoms with van der Waals surface area (Å²) in [6, 6.07) is 9.98. The lowest BCUT2D eigenvalue weighted by Gasteiger charge is -2.07. The molecule has 4 nitrogen and oxygen atoms in total. The number of hydrogen-bond donors (Lipinski definition) is 1. The number of halogens is 1. The monoisotopic (exact) mass is 257 g/mol. The molecule has 0 fully saturated rings. The minimum Gasteiger partial charge on any atom is -0.494 e. The Kier molecular flexibility index (Phi) is 3.62. The second kappa shape index (κ2) is 5.36. The average Bonchev–Trinajstić information content (AvgIpc) is 2.46. The van der Waals surface area contributed by atoms with Crippen molar-refractivity contribution in [3.8, 4) is 23.1 Å². The van der Waals surface area contributed by atoms with Gasteiger partial charge in [-0.1, -0.05) is 0 Å². The average molecular weight is 257 g/mol. The van der Waals surface area contributed by atoms with E-state index in [1.165, 1.54) is 13.2 Å². The molecule has 0 atom stereocenters. The lowest BCUT2D eigenvalue weighted by molar-refractivity contribution is 0.386. The SMILES string of the molecule is CNc1nc(-c2ccc(OC)c(F)c2)ccc1C#N. The first-order valence-corrected chi connectivity index (χ1v) is 5.62. The van der Waals surface area contributed by atoms with E-state index < -0.39 is 5.82 Å². The number of rotatable bonds is 3.